The molecule has 0 saturated heterocycles. The summed E-state index contributed by atoms with van der Waals surface area (Å²) in [5, 5.41) is 11.1. The maximum absolute atomic E-state index is 12.8. The van der Waals surface area contributed by atoms with E-state index in [1.807, 2.05) is 0 Å². The number of carbonyl (C=O) groups excluding carboxylic acids is 1. The standard InChI is InChI=1S/C18H25N3O3.ClH/c1-20(11-14-5-2-3-8-16(14)21(23)24)18(22)15-9-12-6-4-7-13(10-15)17(12)19;/h2-3,5,8,12-13,15,17H,4,6-7,9-11,19H2,1H3;1H. The van der Waals surface area contributed by atoms with E-state index in [9.17, 15) is 14.9 Å². The molecule has 2 N–H and O–H groups in total. The van der Waals surface area contributed by atoms with Crippen molar-refractivity contribution in [1.29, 1.82) is 0 Å². The Hall–Kier alpha value is -1.66. The third kappa shape index (κ3) is 4.12. The monoisotopic (exact) mass is 367 g/mol. The van der Waals surface area contributed by atoms with Crippen LogP contribution in [0.25, 0.3) is 0 Å². The molecule has 2 saturated carbocycles. The SMILES string of the molecule is CN(Cc1ccccc1[N+](=O)[O-])C(=O)C1CC2CCCC(C1)C2N.Cl. The van der Waals surface area contributed by atoms with E-state index in [4.69, 9.17) is 5.73 Å². The average molecular weight is 368 g/mol. The van der Waals surface area contributed by atoms with Gasteiger partial charge in [0.2, 0.25) is 5.91 Å². The molecule has 6 nitrogen and oxygen atoms in total. The van der Waals surface area contributed by atoms with Crippen molar-refractivity contribution in [2.45, 2.75) is 44.7 Å². The van der Waals surface area contributed by atoms with E-state index < -0.39 is 4.92 Å². The van der Waals surface area contributed by atoms with Gasteiger partial charge in [-0.05, 0) is 37.5 Å². The minimum atomic E-state index is -0.391. The van der Waals surface area contributed by atoms with Gasteiger partial charge in [-0.25, -0.2) is 0 Å². The van der Waals surface area contributed by atoms with Crippen molar-refractivity contribution in [2.75, 3.05) is 7.05 Å². The van der Waals surface area contributed by atoms with Gasteiger partial charge in [-0.15, -0.1) is 12.4 Å². The lowest BCUT2D eigenvalue weighted by molar-refractivity contribution is -0.385. The van der Waals surface area contributed by atoms with Gasteiger partial charge in [-0.1, -0.05) is 24.6 Å². The molecule has 138 valence electrons. The Bertz CT molecular complexity index is 626. The second-order valence-electron chi connectivity index (χ2n) is 7.28. The smallest absolute Gasteiger partial charge is 0.274 e. The minimum absolute atomic E-state index is 0. The molecule has 2 unspecified atom stereocenters. The van der Waals surface area contributed by atoms with Crippen molar-refractivity contribution in [3.63, 3.8) is 0 Å². The quantitative estimate of drug-likeness (QED) is 0.654. The molecule has 0 aromatic heterocycles. The lowest BCUT2D eigenvalue weighted by Crippen LogP contribution is -2.49. The summed E-state index contributed by atoms with van der Waals surface area (Å²) in [5.41, 5.74) is 6.94. The molecule has 2 atom stereocenters. The van der Waals surface area contributed by atoms with Gasteiger partial charge >= 0.3 is 0 Å². The molecule has 1 aromatic rings. The van der Waals surface area contributed by atoms with Crippen LogP contribution in [0.3, 0.4) is 0 Å². The zero-order valence-electron chi connectivity index (χ0n) is 14.5. The van der Waals surface area contributed by atoms with Crippen LogP contribution >= 0.6 is 12.4 Å². The number of amides is 1. The number of hydrogen-bond donors (Lipinski definition) is 1. The molecule has 2 aliphatic carbocycles. The second-order valence-corrected chi connectivity index (χ2v) is 7.28. The number of para-hydroxylation sites is 1. The summed E-state index contributed by atoms with van der Waals surface area (Å²) < 4.78 is 0. The van der Waals surface area contributed by atoms with Crippen LogP contribution in [0, 0.1) is 27.9 Å². The highest BCUT2D eigenvalue weighted by Gasteiger charge is 2.41. The molecular formula is C18H26ClN3O3. The zero-order chi connectivity index (χ0) is 17.3. The second kappa shape index (κ2) is 8.15. The lowest BCUT2D eigenvalue weighted by atomic mass is 9.65. The van der Waals surface area contributed by atoms with Crippen LogP contribution in [0.4, 0.5) is 5.69 Å². The van der Waals surface area contributed by atoms with Gasteiger partial charge in [0.25, 0.3) is 5.69 Å². The number of fused-ring (bicyclic) bond motifs is 2. The Balaban J connectivity index is 0.00000225. The molecule has 2 fully saturated rings. The zero-order valence-corrected chi connectivity index (χ0v) is 15.3. The molecule has 0 aliphatic heterocycles. The Morgan fingerprint density at radius 3 is 2.48 bits per heavy atom. The average Bonchev–Trinajstić information content (AvgIpc) is 2.54. The number of nitro groups is 1. The normalized spacial score (nSPS) is 27.9. The molecule has 0 radical (unpaired) electrons. The predicted octanol–water partition coefficient (Wildman–Crippen LogP) is 3.13. The van der Waals surface area contributed by atoms with E-state index in [0.717, 1.165) is 25.7 Å². The van der Waals surface area contributed by atoms with E-state index in [1.165, 1.54) is 12.5 Å². The van der Waals surface area contributed by atoms with Gasteiger partial charge in [0.05, 0.1) is 11.5 Å². The van der Waals surface area contributed by atoms with E-state index in [2.05, 4.69) is 0 Å². The van der Waals surface area contributed by atoms with Crippen LogP contribution in [0.1, 0.15) is 37.7 Å². The maximum atomic E-state index is 12.8. The Labute approximate surface area is 154 Å². The van der Waals surface area contributed by atoms with Crippen LogP contribution in [0.15, 0.2) is 24.3 Å². The van der Waals surface area contributed by atoms with E-state index >= 15 is 0 Å². The number of carbonyl (C=O) groups is 1. The first-order valence-corrected chi connectivity index (χ1v) is 8.70. The summed E-state index contributed by atoms with van der Waals surface area (Å²) in [5.74, 6) is 1.00. The van der Waals surface area contributed by atoms with Crippen LogP contribution < -0.4 is 5.73 Å². The van der Waals surface area contributed by atoms with Crippen molar-refractivity contribution in [3.8, 4) is 0 Å². The van der Waals surface area contributed by atoms with E-state index in [0.29, 0.717) is 17.4 Å². The summed E-state index contributed by atoms with van der Waals surface area (Å²) in [6.45, 7) is 0.272. The van der Waals surface area contributed by atoms with Crippen LogP contribution in [-0.2, 0) is 11.3 Å². The maximum Gasteiger partial charge on any atom is 0.274 e. The van der Waals surface area contributed by atoms with Gasteiger partial charge < -0.3 is 10.6 Å². The predicted molar refractivity (Wildman–Crippen MR) is 98.3 cm³/mol. The van der Waals surface area contributed by atoms with Crippen molar-refractivity contribution in [3.05, 3.63) is 39.9 Å². The first kappa shape index (κ1) is 19.7. The fraction of sp³-hybridized carbons (Fsp3) is 0.611. The Morgan fingerprint density at radius 2 is 1.88 bits per heavy atom. The number of nitrogens with two attached hydrogens (primary N) is 1. The van der Waals surface area contributed by atoms with Crippen molar-refractivity contribution < 1.29 is 9.72 Å². The summed E-state index contributed by atoms with van der Waals surface area (Å²) >= 11 is 0. The molecule has 0 heterocycles. The minimum Gasteiger partial charge on any atom is -0.341 e. The van der Waals surface area contributed by atoms with Crippen molar-refractivity contribution in [1.82, 2.24) is 4.90 Å². The van der Waals surface area contributed by atoms with Crippen molar-refractivity contribution >= 4 is 24.0 Å². The highest BCUT2D eigenvalue weighted by Crippen LogP contribution is 2.42. The fourth-order valence-electron chi connectivity index (χ4n) is 4.46. The number of benzene rings is 1. The number of nitro benzene ring substituents is 1. The third-order valence-electron chi connectivity index (χ3n) is 5.73. The summed E-state index contributed by atoms with van der Waals surface area (Å²) in [7, 11) is 1.74. The Kier molecular flexibility index (Phi) is 6.41. The van der Waals surface area contributed by atoms with Crippen molar-refractivity contribution in [2.24, 2.45) is 23.5 Å². The van der Waals surface area contributed by atoms with Crippen LogP contribution in [0.2, 0.25) is 0 Å². The third-order valence-corrected chi connectivity index (χ3v) is 5.73. The largest absolute Gasteiger partial charge is 0.341 e. The molecular weight excluding hydrogens is 342 g/mol. The van der Waals surface area contributed by atoms with Crippen LogP contribution in [-0.4, -0.2) is 28.8 Å². The molecule has 0 spiro atoms. The summed E-state index contributed by atoms with van der Waals surface area (Å²) in [6.07, 6.45) is 5.18. The van der Waals surface area contributed by atoms with E-state index in [-0.39, 0.29) is 42.5 Å². The molecule has 1 amide bonds. The Morgan fingerprint density at radius 1 is 1.28 bits per heavy atom. The molecule has 25 heavy (non-hydrogen) atoms. The number of halogens is 1. The number of nitrogens with zero attached hydrogens (tertiary/aromatic N) is 2. The highest BCUT2D eigenvalue weighted by atomic mass is 35.5. The fourth-order valence-corrected chi connectivity index (χ4v) is 4.46. The highest BCUT2D eigenvalue weighted by molar-refractivity contribution is 5.85. The lowest BCUT2D eigenvalue weighted by Gasteiger charge is -2.44. The molecule has 7 heteroatoms. The molecule has 2 bridgehead atoms. The summed E-state index contributed by atoms with van der Waals surface area (Å²) in [4.78, 5) is 25.2. The van der Waals surface area contributed by atoms with Gasteiger partial charge in [-0.3, -0.25) is 14.9 Å². The number of hydrogen-bond acceptors (Lipinski definition) is 4. The summed E-state index contributed by atoms with van der Waals surface area (Å²) in [6, 6.07) is 6.85. The topological polar surface area (TPSA) is 89.5 Å². The first-order chi connectivity index (χ1) is 11.5. The first-order valence-electron chi connectivity index (χ1n) is 8.70. The van der Waals surface area contributed by atoms with Crippen LogP contribution in [0.5, 0.6) is 0 Å². The molecule has 3 rings (SSSR count). The molecule has 1 aromatic carbocycles. The van der Waals surface area contributed by atoms with Gasteiger partial charge in [-0.2, -0.15) is 0 Å². The number of rotatable bonds is 4. The van der Waals surface area contributed by atoms with Gasteiger partial charge in [0, 0.05) is 30.6 Å². The molecule has 2 aliphatic rings. The van der Waals surface area contributed by atoms with Gasteiger partial charge in [0.15, 0.2) is 0 Å². The van der Waals surface area contributed by atoms with E-state index in [1.54, 1.807) is 30.1 Å². The van der Waals surface area contributed by atoms with Gasteiger partial charge in [0.1, 0.15) is 0 Å².